The van der Waals surface area contributed by atoms with E-state index in [0.29, 0.717) is 6.61 Å². The molecule has 0 heterocycles. The van der Waals surface area contributed by atoms with Crippen molar-refractivity contribution in [2.75, 3.05) is 6.61 Å². The predicted molar refractivity (Wildman–Crippen MR) is 38.9 cm³/mol. The van der Waals surface area contributed by atoms with Crippen LogP contribution in [0.3, 0.4) is 0 Å². The van der Waals surface area contributed by atoms with Crippen molar-refractivity contribution in [2.24, 2.45) is 0 Å². The molecule has 0 aliphatic carbocycles. The van der Waals surface area contributed by atoms with Crippen molar-refractivity contribution in [3.8, 4) is 0 Å². The number of rotatable bonds is 3. The third-order valence-corrected chi connectivity index (χ3v) is 1.49. The summed E-state index contributed by atoms with van der Waals surface area (Å²) < 4.78 is 5.14. The van der Waals surface area contributed by atoms with E-state index in [0.717, 1.165) is 0 Å². The maximum absolute atomic E-state index is 5.38. The highest BCUT2D eigenvalue weighted by atomic mass is 35.5. The molecule has 0 unspecified atom stereocenters. The van der Waals surface area contributed by atoms with Gasteiger partial charge in [-0.05, 0) is 13.1 Å². The van der Waals surface area contributed by atoms with Gasteiger partial charge in [-0.15, -0.1) is 23.2 Å². The van der Waals surface area contributed by atoms with Crippen LogP contribution < -0.4 is 0 Å². The van der Waals surface area contributed by atoms with Crippen LogP contribution in [0.2, 0.25) is 13.1 Å². The van der Waals surface area contributed by atoms with Gasteiger partial charge < -0.3 is 4.43 Å². The van der Waals surface area contributed by atoms with Crippen molar-refractivity contribution >= 4 is 32.2 Å². The number of halogens is 2. The fraction of sp³-hybridized carbons (Fsp3) is 1.00. The molecule has 0 atom stereocenters. The van der Waals surface area contributed by atoms with E-state index >= 15 is 0 Å². The summed E-state index contributed by atoms with van der Waals surface area (Å²) in [6.45, 7) is 4.55. The molecule has 1 radical (unpaired) electrons. The molecular formula is C4H9Cl2OSi. The van der Waals surface area contributed by atoms with Crippen LogP contribution in [0.4, 0.5) is 0 Å². The van der Waals surface area contributed by atoms with Gasteiger partial charge in [-0.3, -0.25) is 0 Å². The monoisotopic (exact) mass is 171 g/mol. The quantitative estimate of drug-likeness (QED) is 0.467. The Morgan fingerprint density at radius 3 is 2.12 bits per heavy atom. The Morgan fingerprint density at radius 2 is 2.00 bits per heavy atom. The molecule has 8 heavy (non-hydrogen) atoms. The standard InChI is InChI=1S/C4H9Cl2OSi/c1-8(2)7-3-4(5)6/h4H,3H2,1-2H3. The smallest absolute Gasteiger partial charge is 0.205 e. The first-order valence-corrected chi connectivity index (χ1v) is 5.62. The summed E-state index contributed by atoms with van der Waals surface area (Å²) in [7, 11) is -0.599. The minimum atomic E-state index is -0.599. The zero-order chi connectivity index (χ0) is 6.57. The van der Waals surface area contributed by atoms with Crippen LogP contribution in [0.15, 0.2) is 0 Å². The molecule has 0 aromatic rings. The highest BCUT2D eigenvalue weighted by Gasteiger charge is 2.00. The van der Waals surface area contributed by atoms with E-state index in [1.807, 2.05) is 13.1 Å². The van der Waals surface area contributed by atoms with Gasteiger partial charge >= 0.3 is 0 Å². The topological polar surface area (TPSA) is 9.23 Å². The first-order valence-electron chi connectivity index (χ1n) is 2.34. The molecule has 0 spiro atoms. The lowest BCUT2D eigenvalue weighted by atomic mass is 10.9. The summed E-state index contributed by atoms with van der Waals surface area (Å²) >= 11 is 10.8. The zero-order valence-electron chi connectivity index (χ0n) is 4.95. The van der Waals surface area contributed by atoms with Gasteiger partial charge in [0.05, 0.1) is 6.61 Å². The van der Waals surface area contributed by atoms with Crippen molar-refractivity contribution in [2.45, 2.75) is 17.9 Å². The molecule has 0 fully saturated rings. The van der Waals surface area contributed by atoms with Crippen molar-refractivity contribution in [3.05, 3.63) is 0 Å². The molecule has 0 saturated carbocycles. The van der Waals surface area contributed by atoms with Gasteiger partial charge in [-0.2, -0.15) is 0 Å². The molecule has 0 N–H and O–H groups in total. The lowest BCUT2D eigenvalue weighted by Crippen LogP contribution is -2.12. The van der Waals surface area contributed by atoms with E-state index in [1.165, 1.54) is 0 Å². The van der Waals surface area contributed by atoms with Crippen molar-refractivity contribution in [1.82, 2.24) is 0 Å². The molecule has 0 aromatic carbocycles. The van der Waals surface area contributed by atoms with E-state index in [9.17, 15) is 0 Å². The Balaban J connectivity index is 2.93. The van der Waals surface area contributed by atoms with E-state index < -0.39 is 9.04 Å². The average Bonchev–Trinajstić information content (AvgIpc) is 1.61. The van der Waals surface area contributed by atoms with Crippen LogP contribution in [0.5, 0.6) is 0 Å². The fourth-order valence-corrected chi connectivity index (χ4v) is 1.07. The number of hydrogen-bond acceptors (Lipinski definition) is 1. The summed E-state index contributed by atoms with van der Waals surface area (Å²) in [5.41, 5.74) is 0. The molecule has 0 aliphatic heterocycles. The van der Waals surface area contributed by atoms with Crippen LogP contribution >= 0.6 is 23.2 Å². The molecule has 0 aliphatic rings. The summed E-state index contributed by atoms with van der Waals surface area (Å²) in [5.74, 6) is 0. The van der Waals surface area contributed by atoms with Gasteiger partial charge in [0.25, 0.3) is 0 Å². The summed E-state index contributed by atoms with van der Waals surface area (Å²) in [5, 5.41) is 0. The Hall–Kier alpha value is 0.757. The molecule has 0 aromatic heterocycles. The Labute approximate surface area is 61.7 Å². The Bertz CT molecular complexity index is 50.0. The zero-order valence-corrected chi connectivity index (χ0v) is 7.46. The second kappa shape index (κ2) is 4.62. The van der Waals surface area contributed by atoms with Gasteiger partial charge in [0.15, 0.2) is 0 Å². The van der Waals surface area contributed by atoms with Gasteiger partial charge in [0, 0.05) is 0 Å². The Morgan fingerprint density at radius 1 is 1.50 bits per heavy atom. The lowest BCUT2D eigenvalue weighted by molar-refractivity contribution is 0.344. The third-order valence-electron chi connectivity index (χ3n) is 0.498. The first-order chi connectivity index (χ1) is 3.63. The highest BCUT2D eigenvalue weighted by molar-refractivity contribution is 6.49. The molecule has 0 amide bonds. The second-order valence-corrected chi connectivity index (χ2v) is 4.99. The van der Waals surface area contributed by atoms with Gasteiger partial charge in [0.2, 0.25) is 9.04 Å². The predicted octanol–water partition coefficient (Wildman–Crippen LogP) is 2.06. The van der Waals surface area contributed by atoms with Crippen LogP contribution in [-0.2, 0) is 4.43 Å². The normalized spacial score (nSPS) is 11.2. The minimum Gasteiger partial charge on any atom is -0.414 e. The van der Waals surface area contributed by atoms with E-state index in [-0.39, 0.29) is 4.84 Å². The molecule has 4 heteroatoms. The summed E-state index contributed by atoms with van der Waals surface area (Å²) in [6.07, 6.45) is 0. The molecule has 1 nitrogen and oxygen atoms in total. The van der Waals surface area contributed by atoms with E-state index in [2.05, 4.69) is 0 Å². The lowest BCUT2D eigenvalue weighted by Gasteiger charge is -2.04. The van der Waals surface area contributed by atoms with E-state index in [4.69, 9.17) is 27.6 Å². The summed E-state index contributed by atoms with van der Waals surface area (Å²) in [4.78, 5) is -0.366. The van der Waals surface area contributed by atoms with Crippen LogP contribution in [0, 0.1) is 0 Å². The maximum atomic E-state index is 5.38. The van der Waals surface area contributed by atoms with Crippen LogP contribution in [0.25, 0.3) is 0 Å². The molecule has 0 rings (SSSR count). The van der Waals surface area contributed by atoms with Gasteiger partial charge in [0.1, 0.15) is 4.84 Å². The summed E-state index contributed by atoms with van der Waals surface area (Å²) in [6, 6.07) is 0. The largest absolute Gasteiger partial charge is 0.414 e. The third kappa shape index (κ3) is 6.76. The molecular weight excluding hydrogens is 163 g/mol. The molecule has 49 valence electrons. The molecule has 0 bridgehead atoms. The van der Waals surface area contributed by atoms with Crippen molar-refractivity contribution < 1.29 is 4.43 Å². The minimum absolute atomic E-state index is 0.366. The van der Waals surface area contributed by atoms with Crippen molar-refractivity contribution in [1.29, 1.82) is 0 Å². The SMILES string of the molecule is C[Si](C)OCC(Cl)Cl. The molecule has 0 saturated heterocycles. The number of hydrogen-bond donors (Lipinski definition) is 0. The van der Waals surface area contributed by atoms with E-state index in [1.54, 1.807) is 0 Å². The number of alkyl halides is 2. The average molecular weight is 172 g/mol. The van der Waals surface area contributed by atoms with Gasteiger partial charge in [-0.1, -0.05) is 0 Å². The Kier molecular flexibility index (Phi) is 5.06. The van der Waals surface area contributed by atoms with Crippen LogP contribution in [-0.4, -0.2) is 20.5 Å². The van der Waals surface area contributed by atoms with Crippen molar-refractivity contribution in [3.63, 3.8) is 0 Å². The maximum Gasteiger partial charge on any atom is 0.205 e. The van der Waals surface area contributed by atoms with Crippen LogP contribution in [0.1, 0.15) is 0 Å². The van der Waals surface area contributed by atoms with Gasteiger partial charge in [-0.25, -0.2) is 0 Å². The first kappa shape index (κ1) is 8.76. The fourth-order valence-electron chi connectivity index (χ4n) is 0.230. The highest BCUT2D eigenvalue weighted by Crippen LogP contribution is 2.01. The second-order valence-electron chi connectivity index (χ2n) is 1.61.